The van der Waals surface area contributed by atoms with Crippen molar-refractivity contribution in [1.82, 2.24) is 4.90 Å². The van der Waals surface area contributed by atoms with E-state index in [1.807, 2.05) is 41.3 Å². The van der Waals surface area contributed by atoms with Gasteiger partial charge < -0.3 is 19.3 Å². The molecule has 2 fully saturated rings. The van der Waals surface area contributed by atoms with Crippen LogP contribution in [0.5, 0.6) is 5.75 Å². The highest BCUT2D eigenvalue weighted by Crippen LogP contribution is 2.44. The van der Waals surface area contributed by atoms with Gasteiger partial charge in [0, 0.05) is 32.4 Å². The SMILES string of the molecule is COC1CN(c2cccc(F)c2)C12CCN(C(=O)COc1ccccc1)CC2. The monoisotopic (exact) mass is 384 g/mol. The lowest BCUT2D eigenvalue weighted by Gasteiger charge is -2.61. The number of halogens is 1. The van der Waals surface area contributed by atoms with Crippen molar-refractivity contribution in [3.63, 3.8) is 0 Å². The molecule has 2 aromatic rings. The van der Waals surface area contributed by atoms with E-state index in [2.05, 4.69) is 4.90 Å². The predicted molar refractivity (Wildman–Crippen MR) is 105 cm³/mol. The largest absolute Gasteiger partial charge is 0.484 e. The third kappa shape index (κ3) is 3.44. The summed E-state index contributed by atoms with van der Waals surface area (Å²) in [6, 6.07) is 16.0. The summed E-state index contributed by atoms with van der Waals surface area (Å²) in [4.78, 5) is 16.6. The van der Waals surface area contributed by atoms with Gasteiger partial charge in [0.1, 0.15) is 11.6 Å². The number of rotatable bonds is 5. The van der Waals surface area contributed by atoms with E-state index in [4.69, 9.17) is 9.47 Å². The molecule has 6 heteroatoms. The number of anilines is 1. The maximum atomic E-state index is 13.7. The molecule has 5 nitrogen and oxygen atoms in total. The standard InChI is InChI=1S/C22H25FN2O3/c1-27-20-15-25(18-7-5-6-17(23)14-18)22(20)10-12-24(13-11-22)21(26)16-28-19-8-3-2-4-9-19/h2-9,14,20H,10-13,15-16H2,1H3. The van der Waals surface area contributed by atoms with Gasteiger partial charge in [0.2, 0.25) is 0 Å². The van der Waals surface area contributed by atoms with Crippen LogP contribution in [-0.4, -0.2) is 55.8 Å². The minimum atomic E-state index is -0.237. The van der Waals surface area contributed by atoms with Gasteiger partial charge in [-0.2, -0.15) is 0 Å². The first-order valence-electron chi connectivity index (χ1n) is 9.64. The van der Waals surface area contributed by atoms with E-state index in [0.29, 0.717) is 18.8 Å². The van der Waals surface area contributed by atoms with Crippen molar-refractivity contribution >= 4 is 11.6 Å². The second-order valence-corrected chi connectivity index (χ2v) is 7.40. The predicted octanol–water partition coefficient (Wildman–Crippen LogP) is 3.10. The summed E-state index contributed by atoms with van der Waals surface area (Å²) in [7, 11) is 1.72. The molecule has 1 atom stereocenters. The zero-order valence-electron chi connectivity index (χ0n) is 16.0. The fourth-order valence-corrected chi connectivity index (χ4v) is 4.37. The molecule has 1 unspecified atom stereocenters. The first-order valence-corrected chi connectivity index (χ1v) is 9.64. The van der Waals surface area contributed by atoms with E-state index >= 15 is 0 Å². The van der Waals surface area contributed by atoms with Crippen molar-refractivity contribution in [3.05, 3.63) is 60.4 Å². The molecule has 148 valence electrons. The zero-order chi connectivity index (χ0) is 19.6. The van der Waals surface area contributed by atoms with E-state index in [-0.39, 0.29) is 30.0 Å². The van der Waals surface area contributed by atoms with Crippen LogP contribution >= 0.6 is 0 Å². The molecule has 4 rings (SSSR count). The van der Waals surface area contributed by atoms with E-state index < -0.39 is 0 Å². The molecule has 0 bridgehead atoms. The maximum Gasteiger partial charge on any atom is 0.260 e. The van der Waals surface area contributed by atoms with E-state index in [9.17, 15) is 9.18 Å². The first-order chi connectivity index (χ1) is 13.6. The molecule has 0 saturated carbocycles. The van der Waals surface area contributed by atoms with Crippen molar-refractivity contribution in [2.75, 3.05) is 38.3 Å². The normalized spacial score (nSPS) is 20.7. The number of hydrogen-bond donors (Lipinski definition) is 0. The number of para-hydroxylation sites is 1. The number of amides is 1. The Morgan fingerprint density at radius 2 is 1.89 bits per heavy atom. The van der Waals surface area contributed by atoms with E-state index in [0.717, 1.165) is 25.1 Å². The van der Waals surface area contributed by atoms with E-state index in [1.54, 1.807) is 19.2 Å². The number of carbonyl (C=O) groups excluding carboxylic acids is 1. The van der Waals surface area contributed by atoms with Crippen LogP contribution in [0.15, 0.2) is 54.6 Å². The van der Waals surface area contributed by atoms with Gasteiger partial charge >= 0.3 is 0 Å². The molecule has 0 N–H and O–H groups in total. The highest BCUT2D eigenvalue weighted by atomic mass is 19.1. The Hall–Kier alpha value is -2.60. The number of methoxy groups -OCH3 is 1. The number of piperidine rings is 1. The van der Waals surface area contributed by atoms with Gasteiger partial charge in [0.25, 0.3) is 5.91 Å². The number of nitrogens with zero attached hydrogens (tertiary/aromatic N) is 2. The van der Waals surface area contributed by atoms with Crippen LogP contribution < -0.4 is 9.64 Å². The molecule has 2 aliphatic heterocycles. The van der Waals surface area contributed by atoms with Gasteiger partial charge in [-0.25, -0.2) is 4.39 Å². The van der Waals surface area contributed by atoms with Crippen LogP contribution in [-0.2, 0) is 9.53 Å². The van der Waals surface area contributed by atoms with Crippen LogP contribution in [0.25, 0.3) is 0 Å². The quantitative estimate of drug-likeness (QED) is 0.795. The maximum absolute atomic E-state index is 13.7. The second-order valence-electron chi connectivity index (χ2n) is 7.40. The molecule has 2 aliphatic rings. The summed E-state index contributed by atoms with van der Waals surface area (Å²) in [6.07, 6.45) is 1.67. The molecular weight excluding hydrogens is 359 g/mol. The fraction of sp³-hybridized carbons (Fsp3) is 0.409. The van der Waals surface area contributed by atoms with Crippen LogP contribution in [0.4, 0.5) is 10.1 Å². The summed E-state index contributed by atoms with van der Waals surface area (Å²) in [5, 5.41) is 0. The number of carbonyl (C=O) groups is 1. The molecule has 0 aliphatic carbocycles. The van der Waals surface area contributed by atoms with Gasteiger partial charge in [0.15, 0.2) is 6.61 Å². The molecule has 0 aromatic heterocycles. The van der Waals surface area contributed by atoms with Gasteiger partial charge in [-0.15, -0.1) is 0 Å². The number of hydrogen-bond acceptors (Lipinski definition) is 4. The van der Waals surface area contributed by atoms with Gasteiger partial charge in [-0.05, 0) is 43.2 Å². The number of ether oxygens (including phenoxy) is 2. The Bertz CT molecular complexity index is 822. The van der Waals surface area contributed by atoms with Crippen LogP contribution in [0.2, 0.25) is 0 Å². The number of benzene rings is 2. The van der Waals surface area contributed by atoms with Gasteiger partial charge in [-0.1, -0.05) is 24.3 Å². The smallest absolute Gasteiger partial charge is 0.260 e. The van der Waals surface area contributed by atoms with Crippen molar-refractivity contribution < 1.29 is 18.7 Å². The van der Waals surface area contributed by atoms with Crippen molar-refractivity contribution in [1.29, 1.82) is 0 Å². The molecule has 2 aromatic carbocycles. The van der Waals surface area contributed by atoms with Gasteiger partial charge in [0.05, 0.1) is 11.6 Å². The summed E-state index contributed by atoms with van der Waals surface area (Å²) in [5.74, 6) is 0.448. The third-order valence-corrected chi connectivity index (χ3v) is 5.98. The second kappa shape index (κ2) is 7.80. The Balaban J connectivity index is 1.39. The summed E-state index contributed by atoms with van der Waals surface area (Å²) in [5.41, 5.74) is 0.695. The Kier molecular flexibility index (Phi) is 5.22. The number of likely N-dealkylation sites (tertiary alicyclic amines) is 1. The minimum Gasteiger partial charge on any atom is -0.484 e. The van der Waals surface area contributed by atoms with Crippen molar-refractivity contribution in [3.8, 4) is 5.75 Å². The highest BCUT2D eigenvalue weighted by molar-refractivity contribution is 5.78. The summed E-state index contributed by atoms with van der Waals surface area (Å²) in [6.45, 7) is 2.06. The molecule has 28 heavy (non-hydrogen) atoms. The first kappa shape index (κ1) is 18.7. The molecule has 1 spiro atoms. The van der Waals surface area contributed by atoms with Crippen LogP contribution in [0, 0.1) is 5.82 Å². The Labute approximate surface area is 164 Å². The Morgan fingerprint density at radius 3 is 2.57 bits per heavy atom. The minimum absolute atomic E-state index is 0.00991. The fourth-order valence-electron chi connectivity index (χ4n) is 4.37. The highest BCUT2D eigenvalue weighted by Gasteiger charge is 2.55. The lowest BCUT2D eigenvalue weighted by molar-refractivity contribution is -0.137. The van der Waals surface area contributed by atoms with Gasteiger partial charge in [-0.3, -0.25) is 4.79 Å². The molecular formula is C22H25FN2O3. The summed E-state index contributed by atoms with van der Waals surface area (Å²) >= 11 is 0. The molecule has 2 heterocycles. The summed E-state index contributed by atoms with van der Waals surface area (Å²) < 4.78 is 25.0. The topological polar surface area (TPSA) is 42.0 Å². The molecule has 1 amide bonds. The van der Waals surface area contributed by atoms with Crippen LogP contribution in [0.1, 0.15) is 12.8 Å². The van der Waals surface area contributed by atoms with E-state index in [1.165, 1.54) is 6.07 Å². The van der Waals surface area contributed by atoms with Crippen LogP contribution in [0.3, 0.4) is 0 Å². The average molecular weight is 384 g/mol. The zero-order valence-corrected chi connectivity index (χ0v) is 16.0. The Morgan fingerprint density at radius 1 is 1.14 bits per heavy atom. The third-order valence-electron chi connectivity index (χ3n) is 5.98. The molecule has 2 saturated heterocycles. The molecule has 0 radical (unpaired) electrons. The van der Waals surface area contributed by atoms with Crippen molar-refractivity contribution in [2.24, 2.45) is 0 Å². The van der Waals surface area contributed by atoms with Crippen molar-refractivity contribution in [2.45, 2.75) is 24.5 Å². The lowest BCUT2D eigenvalue weighted by atomic mass is 9.73. The average Bonchev–Trinajstić information content (AvgIpc) is 2.72. The lowest BCUT2D eigenvalue weighted by Crippen LogP contribution is -2.74.